The van der Waals surface area contributed by atoms with Gasteiger partial charge in [0.25, 0.3) is 0 Å². The molecule has 0 radical (unpaired) electrons. The zero-order valence-corrected chi connectivity index (χ0v) is 11.5. The second kappa shape index (κ2) is 5.21. The Morgan fingerprint density at radius 1 is 1.39 bits per heavy atom. The molecule has 94 valence electrons. The van der Waals surface area contributed by atoms with Gasteiger partial charge >= 0.3 is 0 Å². The summed E-state index contributed by atoms with van der Waals surface area (Å²) in [6, 6.07) is 8.96. The van der Waals surface area contributed by atoms with Crippen LogP contribution in [-0.2, 0) is 6.54 Å². The van der Waals surface area contributed by atoms with E-state index in [1.807, 2.05) is 23.6 Å². The van der Waals surface area contributed by atoms with Crippen LogP contribution in [-0.4, -0.2) is 16.4 Å². The van der Waals surface area contributed by atoms with Crippen molar-refractivity contribution in [3.63, 3.8) is 0 Å². The van der Waals surface area contributed by atoms with Crippen LogP contribution < -0.4 is 0 Å². The van der Waals surface area contributed by atoms with Gasteiger partial charge in [0.2, 0.25) is 0 Å². The molecule has 1 fully saturated rings. The number of likely N-dealkylation sites (tertiary alicyclic amines) is 1. The third-order valence-corrected chi connectivity index (χ3v) is 4.72. The van der Waals surface area contributed by atoms with Crippen LogP contribution in [0.3, 0.4) is 0 Å². The molecule has 0 amide bonds. The van der Waals surface area contributed by atoms with Gasteiger partial charge in [0.15, 0.2) is 0 Å². The SMILES string of the molecule is Cc1ccsc1CN1CCCC1c1ccccn1. The van der Waals surface area contributed by atoms with Gasteiger partial charge < -0.3 is 0 Å². The Kier molecular flexibility index (Phi) is 3.43. The smallest absolute Gasteiger partial charge is 0.0575 e. The molecular weight excluding hydrogens is 240 g/mol. The first-order chi connectivity index (χ1) is 8.84. The number of pyridine rings is 1. The van der Waals surface area contributed by atoms with Gasteiger partial charge in [-0.1, -0.05) is 6.07 Å². The summed E-state index contributed by atoms with van der Waals surface area (Å²) in [5.74, 6) is 0. The largest absolute Gasteiger partial charge is 0.290 e. The number of aromatic nitrogens is 1. The Morgan fingerprint density at radius 2 is 2.33 bits per heavy atom. The van der Waals surface area contributed by atoms with Crippen LogP contribution in [0.25, 0.3) is 0 Å². The molecule has 0 aromatic carbocycles. The molecular formula is C15H18N2S. The van der Waals surface area contributed by atoms with Crippen molar-refractivity contribution in [3.8, 4) is 0 Å². The van der Waals surface area contributed by atoms with Crippen molar-refractivity contribution in [1.29, 1.82) is 0 Å². The van der Waals surface area contributed by atoms with Gasteiger partial charge in [-0.2, -0.15) is 0 Å². The Bertz CT molecular complexity index is 506. The predicted octanol–water partition coefficient (Wildman–Crippen LogP) is 3.79. The van der Waals surface area contributed by atoms with Crippen molar-refractivity contribution in [2.45, 2.75) is 32.4 Å². The molecule has 18 heavy (non-hydrogen) atoms. The van der Waals surface area contributed by atoms with E-state index in [9.17, 15) is 0 Å². The molecule has 2 nitrogen and oxygen atoms in total. The summed E-state index contributed by atoms with van der Waals surface area (Å²) in [7, 11) is 0. The molecule has 3 rings (SSSR count). The molecule has 2 aromatic rings. The van der Waals surface area contributed by atoms with Crippen LogP contribution in [0, 0.1) is 6.92 Å². The molecule has 1 aliphatic heterocycles. The molecule has 0 saturated carbocycles. The zero-order chi connectivity index (χ0) is 12.4. The standard InChI is InChI=1S/C15H18N2S/c1-12-7-10-18-15(12)11-17-9-4-6-14(17)13-5-2-3-8-16-13/h2-3,5,7-8,10,14H,4,6,9,11H2,1H3. The first kappa shape index (κ1) is 11.9. The second-order valence-electron chi connectivity index (χ2n) is 4.91. The third kappa shape index (κ3) is 2.33. The summed E-state index contributed by atoms with van der Waals surface area (Å²) in [5.41, 5.74) is 2.65. The van der Waals surface area contributed by atoms with E-state index in [2.05, 4.69) is 40.4 Å². The molecule has 2 aromatic heterocycles. The normalized spacial score (nSPS) is 20.4. The van der Waals surface area contributed by atoms with Gasteiger partial charge in [-0.15, -0.1) is 11.3 Å². The first-order valence-corrected chi connectivity index (χ1v) is 7.40. The minimum absolute atomic E-state index is 0.507. The molecule has 1 aliphatic rings. The number of hydrogen-bond acceptors (Lipinski definition) is 3. The average molecular weight is 258 g/mol. The molecule has 1 atom stereocenters. The summed E-state index contributed by atoms with van der Waals surface area (Å²) in [6.45, 7) is 4.47. The van der Waals surface area contributed by atoms with E-state index >= 15 is 0 Å². The monoisotopic (exact) mass is 258 g/mol. The van der Waals surface area contributed by atoms with E-state index in [4.69, 9.17) is 0 Å². The number of thiophene rings is 1. The van der Waals surface area contributed by atoms with Crippen LogP contribution in [0.15, 0.2) is 35.8 Å². The Hall–Kier alpha value is -1.19. The highest BCUT2D eigenvalue weighted by Crippen LogP contribution is 2.33. The van der Waals surface area contributed by atoms with E-state index in [1.54, 1.807) is 0 Å². The lowest BCUT2D eigenvalue weighted by molar-refractivity contribution is 0.246. The van der Waals surface area contributed by atoms with Gasteiger partial charge in [0, 0.05) is 17.6 Å². The van der Waals surface area contributed by atoms with Crippen molar-refractivity contribution in [2.24, 2.45) is 0 Å². The van der Waals surface area contributed by atoms with Crippen molar-refractivity contribution in [3.05, 3.63) is 52.0 Å². The fourth-order valence-electron chi connectivity index (χ4n) is 2.67. The lowest BCUT2D eigenvalue weighted by Crippen LogP contribution is -2.23. The van der Waals surface area contributed by atoms with E-state index < -0.39 is 0 Å². The van der Waals surface area contributed by atoms with Crippen LogP contribution in [0.1, 0.15) is 35.0 Å². The average Bonchev–Trinajstić information content (AvgIpc) is 3.01. The highest BCUT2D eigenvalue weighted by atomic mass is 32.1. The van der Waals surface area contributed by atoms with Gasteiger partial charge in [0.05, 0.1) is 11.7 Å². The third-order valence-electron chi connectivity index (χ3n) is 3.71. The van der Waals surface area contributed by atoms with E-state index in [0.29, 0.717) is 6.04 Å². The van der Waals surface area contributed by atoms with Gasteiger partial charge in [-0.3, -0.25) is 9.88 Å². The minimum Gasteiger partial charge on any atom is -0.290 e. The number of hydrogen-bond donors (Lipinski definition) is 0. The maximum atomic E-state index is 4.52. The topological polar surface area (TPSA) is 16.1 Å². The van der Waals surface area contributed by atoms with Crippen LogP contribution in [0.4, 0.5) is 0 Å². The fraction of sp³-hybridized carbons (Fsp3) is 0.400. The maximum Gasteiger partial charge on any atom is 0.0575 e. The van der Waals surface area contributed by atoms with E-state index in [0.717, 1.165) is 6.54 Å². The molecule has 0 spiro atoms. The lowest BCUT2D eigenvalue weighted by Gasteiger charge is -2.23. The summed E-state index contributed by atoms with van der Waals surface area (Å²) in [6.07, 6.45) is 4.43. The summed E-state index contributed by atoms with van der Waals surface area (Å²) >= 11 is 1.87. The van der Waals surface area contributed by atoms with Crippen molar-refractivity contribution in [2.75, 3.05) is 6.54 Å². The van der Waals surface area contributed by atoms with Crippen molar-refractivity contribution < 1.29 is 0 Å². The van der Waals surface area contributed by atoms with Gasteiger partial charge in [0.1, 0.15) is 0 Å². The Balaban J connectivity index is 1.78. The van der Waals surface area contributed by atoms with Crippen molar-refractivity contribution in [1.82, 2.24) is 9.88 Å². The molecule has 3 heteroatoms. The fourth-order valence-corrected chi connectivity index (χ4v) is 3.60. The zero-order valence-electron chi connectivity index (χ0n) is 10.7. The molecule has 1 saturated heterocycles. The summed E-state index contributed by atoms with van der Waals surface area (Å²) in [4.78, 5) is 8.59. The van der Waals surface area contributed by atoms with Crippen LogP contribution in [0.2, 0.25) is 0 Å². The van der Waals surface area contributed by atoms with Crippen LogP contribution >= 0.6 is 11.3 Å². The minimum atomic E-state index is 0.507. The highest BCUT2D eigenvalue weighted by Gasteiger charge is 2.27. The van der Waals surface area contributed by atoms with Gasteiger partial charge in [-0.25, -0.2) is 0 Å². The quantitative estimate of drug-likeness (QED) is 0.832. The van der Waals surface area contributed by atoms with Crippen LogP contribution in [0.5, 0.6) is 0 Å². The first-order valence-electron chi connectivity index (χ1n) is 6.52. The predicted molar refractivity (Wildman–Crippen MR) is 75.7 cm³/mol. The second-order valence-corrected chi connectivity index (χ2v) is 5.91. The van der Waals surface area contributed by atoms with Crippen molar-refractivity contribution >= 4 is 11.3 Å². The van der Waals surface area contributed by atoms with Gasteiger partial charge in [-0.05, 0) is 55.5 Å². The molecule has 0 aliphatic carbocycles. The number of aryl methyl sites for hydroxylation is 1. The Labute approximate surface area is 112 Å². The molecule has 1 unspecified atom stereocenters. The number of rotatable bonds is 3. The molecule has 0 bridgehead atoms. The highest BCUT2D eigenvalue weighted by molar-refractivity contribution is 7.10. The maximum absolute atomic E-state index is 4.52. The van der Waals surface area contributed by atoms with E-state index in [1.165, 1.54) is 35.5 Å². The molecule has 0 N–H and O–H groups in total. The van der Waals surface area contributed by atoms with E-state index in [-0.39, 0.29) is 0 Å². The Morgan fingerprint density at radius 3 is 3.06 bits per heavy atom. The molecule has 3 heterocycles. The summed E-state index contributed by atoms with van der Waals surface area (Å²) < 4.78 is 0. The lowest BCUT2D eigenvalue weighted by atomic mass is 10.1. The summed E-state index contributed by atoms with van der Waals surface area (Å²) in [5, 5.41) is 2.19. The number of nitrogens with zero attached hydrogens (tertiary/aromatic N) is 2.